The Hall–Kier alpha value is -2.63. The molecule has 1 aromatic heterocycles. The van der Waals surface area contributed by atoms with Crippen molar-refractivity contribution >= 4 is 11.9 Å². The number of esters is 1. The maximum Gasteiger partial charge on any atom is 0.310 e. The molecule has 3 rings (SSSR count). The van der Waals surface area contributed by atoms with Crippen LogP contribution in [0.5, 0.6) is 0 Å². The van der Waals surface area contributed by atoms with Crippen LogP contribution in [0.25, 0.3) is 0 Å². The molecule has 162 valence electrons. The van der Waals surface area contributed by atoms with Gasteiger partial charge in [-0.1, -0.05) is 19.1 Å². The van der Waals surface area contributed by atoms with Gasteiger partial charge >= 0.3 is 5.97 Å². The third-order valence-electron chi connectivity index (χ3n) is 6.03. The molecule has 1 aliphatic heterocycles. The van der Waals surface area contributed by atoms with E-state index in [1.54, 1.807) is 17.9 Å². The summed E-state index contributed by atoms with van der Waals surface area (Å²) < 4.78 is 20.9. The topological polar surface area (TPSA) is 51.5 Å². The van der Waals surface area contributed by atoms with Gasteiger partial charge in [0.05, 0.1) is 12.5 Å². The van der Waals surface area contributed by atoms with Gasteiger partial charge in [0.2, 0.25) is 0 Å². The lowest BCUT2D eigenvalue weighted by Gasteiger charge is -2.32. The minimum atomic E-state index is -0.286. The molecule has 1 saturated heterocycles. The lowest BCUT2D eigenvalue weighted by molar-refractivity contribution is -0.149. The number of halogens is 1. The Kier molecular flexibility index (Phi) is 6.95. The van der Waals surface area contributed by atoms with Gasteiger partial charge in [0.1, 0.15) is 11.5 Å². The fourth-order valence-electron chi connectivity index (χ4n) is 4.52. The Morgan fingerprint density at radius 2 is 2.00 bits per heavy atom. The van der Waals surface area contributed by atoms with Crippen LogP contribution >= 0.6 is 0 Å². The van der Waals surface area contributed by atoms with Gasteiger partial charge in [-0.05, 0) is 68.9 Å². The Labute approximate surface area is 177 Å². The number of hydrogen-bond donors (Lipinski definition) is 0. The fraction of sp³-hybridized carbons (Fsp3) is 0.500. The monoisotopic (exact) mass is 414 g/mol. The Morgan fingerprint density at radius 1 is 1.23 bits per heavy atom. The Bertz CT molecular complexity index is 935. The van der Waals surface area contributed by atoms with E-state index in [2.05, 4.69) is 6.92 Å². The zero-order valence-electron chi connectivity index (χ0n) is 18.3. The van der Waals surface area contributed by atoms with Crippen molar-refractivity contribution in [2.24, 2.45) is 5.92 Å². The number of ether oxygens (including phenoxy) is 1. The van der Waals surface area contributed by atoms with E-state index in [0.717, 1.165) is 41.6 Å². The highest BCUT2D eigenvalue weighted by molar-refractivity contribution is 5.95. The molecule has 1 aromatic carbocycles. The Morgan fingerprint density at radius 3 is 2.67 bits per heavy atom. The predicted octanol–water partition coefficient (Wildman–Crippen LogP) is 4.27. The van der Waals surface area contributed by atoms with E-state index >= 15 is 0 Å². The van der Waals surface area contributed by atoms with Crippen LogP contribution < -0.4 is 0 Å². The summed E-state index contributed by atoms with van der Waals surface area (Å²) in [5.74, 6) is -0.861. The van der Waals surface area contributed by atoms with Gasteiger partial charge in [-0.2, -0.15) is 0 Å². The molecule has 30 heavy (non-hydrogen) atoms. The first-order valence-electron chi connectivity index (χ1n) is 10.8. The molecule has 0 saturated carbocycles. The highest BCUT2D eigenvalue weighted by Crippen LogP contribution is 2.27. The normalized spacial score (nSPS) is 16.6. The molecule has 0 spiro atoms. The average molecular weight is 415 g/mol. The molecule has 1 amide bonds. The number of likely N-dealkylation sites (tertiary alicyclic amines) is 1. The van der Waals surface area contributed by atoms with Crippen molar-refractivity contribution in [3.8, 4) is 0 Å². The van der Waals surface area contributed by atoms with Crippen LogP contribution in [-0.4, -0.2) is 41.0 Å². The molecule has 0 unspecified atom stereocenters. The molecule has 6 heteroatoms. The number of aromatic nitrogens is 1. The number of carbonyl (C=O) groups is 2. The second kappa shape index (κ2) is 9.45. The first kappa shape index (κ1) is 22.1. The number of nitrogens with zero attached hydrogens (tertiary/aromatic N) is 2. The number of piperidine rings is 1. The average Bonchev–Trinajstić information content (AvgIpc) is 2.96. The summed E-state index contributed by atoms with van der Waals surface area (Å²) >= 11 is 0. The predicted molar refractivity (Wildman–Crippen MR) is 114 cm³/mol. The molecule has 0 radical (unpaired) electrons. The molecule has 0 aliphatic carbocycles. The summed E-state index contributed by atoms with van der Waals surface area (Å²) in [5.41, 5.74) is 4.59. The van der Waals surface area contributed by atoms with Gasteiger partial charge in [0.25, 0.3) is 5.91 Å². The summed E-state index contributed by atoms with van der Waals surface area (Å²) in [6, 6.07) is 6.49. The molecule has 2 aromatic rings. The zero-order valence-corrected chi connectivity index (χ0v) is 18.3. The number of benzene rings is 1. The van der Waals surface area contributed by atoms with E-state index in [0.29, 0.717) is 31.9 Å². The molecule has 1 aliphatic rings. The molecule has 2 heterocycles. The van der Waals surface area contributed by atoms with Crippen molar-refractivity contribution < 1.29 is 18.7 Å². The second-order valence-electron chi connectivity index (χ2n) is 7.95. The van der Waals surface area contributed by atoms with E-state index in [1.165, 1.54) is 12.1 Å². The maximum absolute atomic E-state index is 13.7. The zero-order chi connectivity index (χ0) is 21.8. The Balaban J connectivity index is 1.94. The van der Waals surface area contributed by atoms with E-state index in [1.807, 2.05) is 24.5 Å². The summed E-state index contributed by atoms with van der Waals surface area (Å²) in [5, 5.41) is 0. The lowest BCUT2D eigenvalue weighted by atomic mass is 9.97. The summed E-state index contributed by atoms with van der Waals surface area (Å²) in [4.78, 5) is 27.6. The van der Waals surface area contributed by atoms with Crippen LogP contribution in [0.1, 0.15) is 59.6 Å². The van der Waals surface area contributed by atoms with Crippen LogP contribution in [0.2, 0.25) is 0 Å². The van der Waals surface area contributed by atoms with Gasteiger partial charge in [-0.25, -0.2) is 4.39 Å². The third-order valence-corrected chi connectivity index (χ3v) is 6.03. The van der Waals surface area contributed by atoms with Crippen LogP contribution in [0.15, 0.2) is 24.3 Å². The van der Waals surface area contributed by atoms with Crippen molar-refractivity contribution in [3.05, 3.63) is 58.2 Å². The minimum Gasteiger partial charge on any atom is -0.466 e. The van der Waals surface area contributed by atoms with E-state index in [4.69, 9.17) is 4.74 Å². The molecule has 1 fully saturated rings. The summed E-state index contributed by atoms with van der Waals surface area (Å²) in [6.07, 6.45) is 2.34. The van der Waals surface area contributed by atoms with Crippen molar-refractivity contribution in [3.63, 3.8) is 0 Å². The molecule has 5 nitrogen and oxygen atoms in total. The first-order valence-corrected chi connectivity index (χ1v) is 10.8. The van der Waals surface area contributed by atoms with Gasteiger partial charge in [-0.3, -0.25) is 9.59 Å². The van der Waals surface area contributed by atoms with E-state index in [-0.39, 0.29) is 23.6 Å². The van der Waals surface area contributed by atoms with Gasteiger partial charge < -0.3 is 14.2 Å². The van der Waals surface area contributed by atoms with E-state index < -0.39 is 0 Å². The fourth-order valence-corrected chi connectivity index (χ4v) is 4.52. The van der Waals surface area contributed by atoms with E-state index in [9.17, 15) is 14.0 Å². The number of carbonyl (C=O) groups excluding carboxylic acids is 2. The van der Waals surface area contributed by atoms with Crippen LogP contribution in [-0.2, 0) is 22.5 Å². The number of amides is 1. The van der Waals surface area contributed by atoms with Crippen LogP contribution in [0, 0.1) is 25.6 Å². The lowest BCUT2D eigenvalue weighted by Crippen LogP contribution is -2.43. The smallest absolute Gasteiger partial charge is 0.310 e. The number of hydrogen-bond acceptors (Lipinski definition) is 3. The van der Waals surface area contributed by atoms with Crippen molar-refractivity contribution in [1.29, 1.82) is 0 Å². The second-order valence-corrected chi connectivity index (χ2v) is 7.95. The summed E-state index contributed by atoms with van der Waals surface area (Å²) in [7, 11) is 0. The van der Waals surface area contributed by atoms with Crippen molar-refractivity contribution in [2.75, 3.05) is 19.7 Å². The molecule has 1 atom stereocenters. The maximum atomic E-state index is 13.7. The first-order chi connectivity index (χ1) is 14.4. The van der Waals surface area contributed by atoms with Gasteiger partial charge in [-0.15, -0.1) is 0 Å². The van der Waals surface area contributed by atoms with Gasteiger partial charge in [0.15, 0.2) is 0 Å². The summed E-state index contributed by atoms with van der Waals surface area (Å²) in [6.45, 7) is 9.64. The molecular weight excluding hydrogens is 383 g/mol. The van der Waals surface area contributed by atoms with Crippen LogP contribution in [0.3, 0.4) is 0 Å². The molecule has 0 N–H and O–H groups in total. The number of rotatable bonds is 6. The van der Waals surface area contributed by atoms with Crippen molar-refractivity contribution in [2.45, 2.75) is 53.5 Å². The quantitative estimate of drug-likeness (QED) is 0.664. The highest BCUT2D eigenvalue weighted by Gasteiger charge is 2.32. The van der Waals surface area contributed by atoms with Crippen molar-refractivity contribution in [1.82, 2.24) is 9.47 Å². The molecule has 0 bridgehead atoms. The minimum absolute atomic E-state index is 0.0688. The largest absolute Gasteiger partial charge is 0.466 e. The SMILES string of the molecule is CCOC(=O)[C@H]1CCCN(C(=O)c2c(C)c(CC)c(C)n2Cc2cccc(F)c2)C1. The molecular formula is C24H31FN2O3. The standard InChI is InChI=1S/C24H31FN2O3/c1-5-21-16(3)22(27(17(21)4)14-18-9-7-11-20(25)13-18)23(28)26-12-8-10-19(15-26)24(29)30-6-2/h7,9,11,13,19H,5-6,8,10,12,14-15H2,1-4H3/t19-/m0/s1. The van der Waals surface area contributed by atoms with Gasteiger partial charge in [0, 0.05) is 25.3 Å². The highest BCUT2D eigenvalue weighted by atomic mass is 19.1. The van der Waals surface area contributed by atoms with Crippen LogP contribution in [0.4, 0.5) is 4.39 Å². The third kappa shape index (κ3) is 4.42.